The van der Waals surface area contributed by atoms with Gasteiger partial charge in [0.25, 0.3) is 0 Å². The first-order chi connectivity index (χ1) is 11.3. The minimum Gasteiger partial charge on any atom is -0.149 e. The van der Waals surface area contributed by atoms with Crippen LogP contribution in [0.25, 0.3) is 11.3 Å². The Bertz CT molecular complexity index is 770. The van der Waals surface area contributed by atoms with Crippen LogP contribution in [0.1, 0.15) is 18.1 Å². The number of aryl methyl sites for hydroxylation is 1. The van der Waals surface area contributed by atoms with Gasteiger partial charge < -0.3 is 0 Å². The molecule has 0 aliphatic rings. The number of aromatic nitrogens is 2. The number of benzene rings is 2. The fourth-order valence-corrected chi connectivity index (χ4v) is 3.33. The average Bonchev–Trinajstić information content (AvgIpc) is 2.62. The summed E-state index contributed by atoms with van der Waals surface area (Å²) in [5.74, 6) is 0.791. The molecule has 0 aliphatic carbocycles. The van der Waals surface area contributed by atoms with Gasteiger partial charge in [0.2, 0.25) is 0 Å². The third kappa shape index (κ3) is 4.12. The summed E-state index contributed by atoms with van der Waals surface area (Å²) in [4.78, 5) is 0. The van der Waals surface area contributed by atoms with Crippen molar-refractivity contribution in [1.82, 2.24) is 10.2 Å². The van der Waals surface area contributed by atoms with E-state index in [0.29, 0.717) is 0 Å². The second-order valence-electron chi connectivity index (χ2n) is 5.19. The monoisotopic (exact) mass is 340 g/mol. The van der Waals surface area contributed by atoms with Crippen LogP contribution in [-0.4, -0.2) is 10.2 Å². The average molecular weight is 341 g/mol. The molecule has 4 heteroatoms. The lowest BCUT2D eigenvalue weighted by atomic mass is 10.1. The number of rotatable bonds is 5. The molecular formula is C19H17ClN2S. The van der Waals surface area contributed by atoms with Gasteiger partial charge in [-0.25, -0.2) is 0 Å². The predicted octanol–water partition coefficient (Wildman–Crippen LogP) is 5.65. The van der Waals surface area contributed by atoms with E-state index in [2.05, 4.69) is 41.4 Å². The van der Waals surface area contributed by atoms with E-state index >= 15 is 0 Å². The summed E-state index contributed by atoms with van der Waals surface area (Å²) in [6, 6.07) is 20.4. The molecule has 0 bridgehead atoms. The molecule has 116 valence electrons. The second kappa shape index (κ2) is 7.62. The largest absolute Gasteiger partial charge is 0.149 e. The Balaban J connectivity index is 1.68. The van der Waals surface area contributed by atoms with Gasteiger partial charge in [-0.2, -0.15) is 0 Å². The summed E-state index contributed by atoms with van der Waals surface area (Å²) in [6.07, 6.45) is 1.05. The highest BCUT2D eigenvalue weighted by Crippen LogP contribution is 2.26. The summed E-state index contributed by atoms with van der Waals surface area (Å²) in [5.41, 5.74) is 4.43. The minimum atomic E-state index is 0.791. The first-order valence-electron chi connectivity index (χ1n) is 7.55. The maximum Gasteiger partial charge on any atom is 0.119 e. The number of halogens is 1. The van der Waals surface area contributed by atoms with E-state index in [-0.39, 0.29) is 0 Å². The summed E-state index contributed by atoms with van der Waals surface area (Å²) in [6.45, 7) is 2.15. The number of nitrogens with zero attached hydrogens (tertiary/aromatic N) is 2. The zero-order chi connectivity index (χ0) is 16.1. The van der Waals surface area contributed by atoms with Crippen molar-refractivity contribution in [1.29, 1.82) is 0 Å². The Hall–Kier alpha value is -1.84. The van der Waals surface area contributed by atoms with E-state index in [0.717, 1.165) is 39.0 Å². The summed E-state index contributed by atoms with van der Waals surface area (Å²) in [7, 11) is 0. The fourth-order valence-electron chi connectivity index (χ4n) is 2.23. The van der Waals surface area contributed by atoms with Crippen LogP contribution in [0, 0.1) is 0 Å². The molecule has 3 rings (SSSR count). The van der Waals surface area contributed by atoms with E-state index in [1.54, 1.807) is 11.8 Å². The third-order valence-electron chi connectivity index (χ3n) is 3.63. The zero-order valence-electron chi connectivity index (χ0n) is 12.9. The van der Waals surface area contributed by atoms with Gasteiger partial charge in [0.05, 0.1) is 5.69 Å². The highest BCUT2D eigenvalue weighted by molar-refractivity contribution is 7.98. The van der Waals surface area contributed by atoms with Crippen LogP contribution in [0.2, 0.25) is 5.02 Å². The second-order valence-corrected chi connectivity index (χ2v) is 6.59. The lowest BCUT2D eigenvalue weighted by Gasteiger charge is -2.05. The molecule has 0 atom stereocenters. The van der Waals surface area contributed by atoms with Crippen molar-refractivity contribution in [2.45, 2.75) is 24.1 Å². The molecule has 0 fully saturated rings. The Labute approximate surface area is 145 Å². The molecule has 0 saturated carbocycles. The normalized spacial score (nSPS) is 10.7. The van der Waals surface area contributed by atoms with Crippen molar-refractivity contribution < 1.29 is 0 Å². The van der Waals surface area contributed by atoms with Gasteiger partial charge in [-0.1, -0.05) is 72.8 Å². The fraction of sp³-hybridized carbons (Fsp3) is 0.158. The smallest absolute Gasteiger partial charge is 0.119 e. The third-order valence-corrected chi connectivity index (χ3v) is 4.97. The molecule has 2 aromatic carbocycles. The first kappa shape index (κ1) is 16.0. The lowest BCUT2D eigenvalue weighted by molar-refractivity contribution is 0.935. The number of thioether (sulfide) groups is 1. The van der Waals surface area contributed by atoms with Crippen LogP contribution in [0.4, 0.5) is 0 Å². The van der Waals surface area contributed by atoms with Crippen LogP contribution in [0.3, 0.4) is 0 Å². The van der Waals surface area contributed by atoms with E-state index in [9.17, 15) is 0 Å². The van der Waals surface area contributed by atoms with Crippen LogP contribution in [0.5, 0.6) is 0 Å². The quantitative estimate of drug-likeness (QED) is 0.561. The standard InChI is InChI=1S/C19H17ClN2S/c1-2-14-7-9-15(10-8-14)18-11-12-19(22-21-18)23-13-16-5-3-4-6-17(16)20/h3-12H,2,13H2,1H3. The number of hydrogen-bond acceptors (Lipinski definition) is 3. The Morgan fingerprint density at radius 3 is 2.35 bits per heavy atom. The van der Waals surface area contributed by atoms with E-state index in [4.69, 9.17) is 11.6 Å². The van der Waals surface area contributed by atoms with E-state index in [1.807, 2.05) is 36.4 Å². The van der Waals surface area contributed by atoms with Gasteiger partial charge in [0, 0.05) is 16.3 Å². The van der Waals surface area contributed by atoms with Gasteiger partial charge >= 0.3 is 0 Å². The van der Waals surface area contributed by atoms with Crippen LogP contribution < -0.4 is 0 Å². The Kier molecular flexibility index (Phi) is 5.31. The molecule has 0 aliphatic heterocycles. The number of hydrogen-bond donors (Lipinski definition) is 0. The molecule has 0 N–H and O–H groups in total. The Morgan fingerprint density at radius 1 is 0.913 bits per heavy atom. The Morgan fingerprint density at radius 2 is 1.70 bits per heavy atom. The summed E-state index contributed by atoms with van der Waals surface area (Å²) in [5, 5.41) is 10.3. The molecule has 1 aromatic heterocycles. The van der Waals surface area contributed by atoms with Crippen molar-refractivity contribution >= 4 is 23.4 Å². The predicted molar refractivity (Wildman–Crippen MR) is 97.9 cm³/mol. The zero-order valence-corrected chi connectivity index (χ0v) is 14.4. The van der Waals surface area contributed by atoms with Crippen LogP contribution in [-0.2, 0) is 12.2 Å². The van der Waals surface area contributed by atoms with Gasteiger partial charge in [-0.05, 0) is 35.7 Å². The van der Waals surface area contributed by atoms with Gasteiger partial charge in [-0.3, -0.25) is 0 Å². The molecule has 3 aromatic rings. The molecule has 2 nitrogen and oxygen atoms in total. The maximum atomic E-state index is 6.17. The van der Waals surface area contributed by atoms with Gasteiger partial charge in [0.15, 0.2) is 0 Å². The van der Waals surface area contributed by atoms with Crippen LogP contribution >= 0.6 is 23.4 Å². The van der Waals surface area contributed by atoms with Crippen molar-refractivity contribution in [3.8, 4) is 11.3 Å². The molecule has 1 heterocycles. The van der Waals surface area contributed by atoms with Crippen molar-refractivity contribution in [2.75, 3.05) is 0 Å². The van der Waals surface area contributed by atoms with E-state index < -0.39 is 0 Å². The topological polar surface area (TPSA) is 25.8 Å². The molecular weight excluding hydrogens is 324 g/mol. The van der Waals surface area contributed by atoms with E-state index in [1.165, 1.54) is 5.56 Å². The molecule has 0 radical (unpaired) electrons. The minimum absolute atomic E-state index is 0.791. The molecule has 0 saturated heterocycles. The SMILES string of the molecule is CCc1ccc(-c2ccc(SCc3ccccc3Cl)nn2)cc1. The highest BCUT2D eigenvalue weighted by Gasteiger charge is 2.04. The van der Waals surface area contributed by atoms with Gasteiger partial charge in [0.1, 0.15) is 5.03 Å². The first-order valence-corrected chi connectivity index (χ1v) is 8.92. The van der Waals surface area contributed by atoms with Crippen molar-refractivity contribution in [3.05, 3.63) is 76.8 Å². The maximum absolute atomic E-state index is 6.17. The van der Waals surface area contributed by atoms with Crippen molar-refractivity contribution in [2.24, 2.45) is 0 Å². The van der Waals surface area contributed by atoms with Gasteiger partial charge in [-0.15, -0.1) is 10.2 Å². The molecule has 0 amide bonds. The van der Waals surface area contributed by atoms with Crippen LogP contribution in [0.15, 0.2) is 65.7 Å². The molecule has 23 heavy (non-hydrogen) atoms. The summed E-state index contributed by atoms with van der Waals surface area (Å²) < 4.78 is 0. The molecule has 0 spiro atoms. The summed E-state index contributed by atoms with van der Waals surface area (Å²) >= 11 is 7.81. The highest BCUT2D eigenvalue weighted by atomic mass is 35.5. The van der Waals surface area contributed by atoms with Crippen molar-refractivity contribution in [3.63, 3.8) is 0 Å². The molecule has 0 unspecified atom stereocenters. The lowest BCUT2D eigenvalue weighted by Crippen LogP contribution is -1.91.